The largest absolute Gasteiger partial charge is 0.507 e. The highest BCUT2D eigenvalue weighted by atomic mass is 16.4. The third-order valence-electron chi connectivity index (χ3n) is 2.64. The molecular weight excluding hydrogens is 230 g/mol. The van der Waals surface area contributed by atoms with Crippen LogP contribution in [0.5, 0.6) is 5.75 Å². The summed E-state index contributed by atoms with van der Waals surface area (Å²) in [6.07, 6.45) is 0. The van der Waals surface area contributed by atoms with Gasteiger partial charge in [0.25, 0.3) is 0 Å². The van der Waals surface area contributed by atoms with Crippen LogP contribution in [0.3, 0.4) is 0 Å². The SMILES string of the molecule is Cc1ccc2oc(-c3ccc(N)cc3O)nc2n1. The van der Waals surface area contributed by atoms with Gasteiger partial charge in [-0.05, 0) is 31.2 Å². The molecule has 0 atom stereocenters. The van der Waals surface area contributed by atoms with Gasteiger partial charge in [-0.1, -0.05) is 0 Å². The van der Waals surface area contributed by atoms with Crippen molar-refractivity contribution in [1.29, 1.82) is 0 Å². The summed E-state index contributed by atoms with van der Waals surface area (Å²) in [5.74, 6) is 0.374. The maximum Gasteiger partial charge on any atom is 0.232 e. The third kappa shape index (κ3) is 1.66. The average Bonchev–Trinajstić information content (AvgIpc) is 2.71. The van der Waals surface area contributed by atoms with E-state index in [-0.39, 0.29) is 5.75 Å². The third-order valence-corrected chi connectivity index (χ3v) is 2.64. The van der Waals surface area contributed by atoms with Crippen LogP contribution in [0.4, 0.5) is 5.69 Å². The number of pyridine rings is 1. The van der Waals surface area contributed by atoms with E-state index in [0.29, 0.717) is 28.4 Å². The van der Waals surface area contributed by atoms with Gasteiger partial charge >= 0.3 is 0 Å². The zero-order chi connectivity index (χ0) is 12.7. The first-order chi connectivity index (χ1) is 8.63. The highest BCUT2D eigenvalue weighted by molar-refractivity contribution is 5.75. The van der Waals surface area contributed by atoms with Crippen LogP contribution in [0.2, 0.25) is 0 Å². The van der Waals surface area contributed by atoms with E-state index < -0.39 is 0 Å². The summed E-state index contributed by atoms with van der Waals surface area (Å²) < 4.78 is 5.56. The van der Waals surface area contributed by atoms with Crippen LogP contribution >= 0.6 is 0 Å². The van der Waals surface area contributed by atoms with Crippen LogP contribution in [0, 0.1) is 6.92 Å². The van der Waals surface area contributed by atoms with Crippen molar-refractivity contribution in [1.82, 2.24) is 9.97 Å². The van der Waals surface area contributed by atoms with Gasteiger partial charge in [0.15, 0.2) is 11.2 Å². The number of hydrogen-bond acceptors (Lipinski definition) is 5. The number of phenolic OH excluding ortho intramolecular Hbond substituents is 1. The molecule has 0 aliphatic heterocycles. The molecule has 0 saturated carbocycles. The standard InChI is InChI=1S/C13H11N3O2/c1-7-2-5-11-12(15-7)16-13(18-11)9-4-3-8(14)6-10(9)17/h2-6,17H,14H2,1H3. The Morgan fingerprint density at radius 3 is 2.78 bits per heavy atom. The number of benzene rings is 1. The molecule has 3 rings (SSSR count). The Balaban J connectivity index is 2.19. The van der Waals surface area contributed by atoms with Crippen LogP contribution in [0.25, 0.3) is 22.7 Å². The van der Waals surface area contributed by atoms with E-state index in [9.17, 15) is 5.11 Å². The highest BCUT2D eigenvalue weighted by Gasteiger charge is 2.13. The van der Waals surface area contributed by atoms with Gasteiger partial charge in [-0.25, -0.2) is 4.98 Å². The van der Waals surface area contributed by atoms with E-state index >= 15 is 0 Å². The second kappa shape index (κ2) is 3.73. The average molecular weight is 241 g/mol. The first kappa shape index (κ1) is 10.6. The molecule has 0 radical (unpaired) electrons. The lowest BCUT2D eigenvalue weighted by atomic mass is 10.2. The minimum absolute atomic E-state index is 0.0401. The Morgan fingerprint density at radius 1 is 1.17 bits per heavy atom. The molecule has 2 heterocycles. The number of aryl methyl sites for hydroxylation is 1. The monoisotopic (exact) mass is 241 g/mol. The zero-order valence-electron chi connectivity index (χ0n) is 9.71. The smallest absolute Gasteiger partial charge is 0.232 e. The topological polar surface area (TPSA) is 85.2 Å². The lowest BCUT2D eigenvalue weighted by Crippen LogP contribution is -1.85. The molecule has 0 amide bonds. The number of nitrogens with zero attached hydrogens (tertiary/aromatic N) is 2. The lowest BCUT2D eigenvalue weighted by Gasteiger charge is -2.00. The number of phenols is 1. The molecule has 3 N–H and O–H groups in total. The molecule has 0 bridgehead atoms. The number of aromatic nitrogens is 2. The van der Waals surface area contributed by atoms with Gasteiger partial charge in [0.05, 0.1) is 5.56 Å². The van der Waals surface area contributed by atoms with Gasteiger partial charge < -0.3 is 15.3 Å². The minimum Gasteiger partial charge on any atom is -0.507 e. The molecule has 1 aromatic carbocycles. The summed E-state index contributed by atoms with van der Waals surface area (Å²) in [6.45, 7) is 1.88. The van der Waals surface area contributed by atoms with Crippen molar-refractivity contribution >= 4 is 16.9 Å². The fourth-order valence-electron chi connectivity index (χ4n) is 1.76. The molecule has 3 aromatic rings. The molecule has 0 spiro atoms. The first-order valence-corrected chi connectivity index (χ1v) is 5.46. The molecule has 0 saturated heterocycles. The number of oxazole rings is 1. The number of hydrogen-bond donors (Lipinski definition) is 2. The van der Waals surface area contributed by atoms with E-state index in [1.165, 1.54) is 6.07 Å². The Labute approximate surface area is 103 Å². The van der Waals surface area contributed by atoms with Crippen LogP contribution in [-0.2, 0) is 0 Å². The van der Waals surface area contributed by atoms with Gasteiger partial charge in [0.1, 0.15) is 5.75 Å². The van der Waals surface area contributed by atoms with Crippen LogP contribution < -0.4 is 5.73 Å². The molecular formula is C13H11N3O2. The highest BCUT2D eigenvalue weighted by Crippen LogP contribution is 2.31. The molecule has 0 aliphatic rings. The maximum absolute atomic E-state index is 9.82. The number of nitrogens with two attached hydrogens (primary N) is 1. The molecule has 5 nitrogen and oxygen atoms in total. The Hall–Kier alpha value is -2.56. The number of anilines is 1. The Bertz CT molecular complexity index is 734. The molecule has 5 heteroatoms. The second-order valence-corrected chi connectivity index (χ2v) is 4.07. The van der Waals surface area contributed by atoms with Gasteiger partial charge in [-0.15, -0.1) is 0 Å². The molecule has 0 unspecified atom stereocenters. The predicted octanol–water partition coefficient (Wildman–Crippen LogP) is 2.49. The van der Waals surface area contributed by atoms with Crippen LogP contribution in [-0.4, -0.2) is 15.1 Å². The van der Waals surface area contributed by atoms with Gasteiger partial charge in [0.2, 0.25) is 5.89 Å². The lowest BCUT2D eigenvalue weighted by molar-refractivity contribution is 0.474. The fraction of sp³-hybridized carbons (Fsp3) is 0.0769. The van der Waals surface area contributed by atoms with Crippen molar-refractivity contribution in [3.05, 3.63) is 36.0 Å². The Morgan fingerprint density at radius 2 is 2.00 bits per heavy atom. The molecule has 0 fully saturated rings. The summed E-state index contributed by atoms with van der Waals surface area (Å²) in [7, 11) is 0. The number of nitrogen functional groups attached to an aromatic ring is 1. The van der Waals surface area contributed by atoms with Crippen molar-refractivity contribution in [2.24, 2.45) is 0 Å². The van der Waals surface area contributed by atoms with E-state index in [1.807, 2.05) is 19.1 Å². The fourth-order valence-corrected chi connectivity index (χ4v) is 1.76. The van der Waals surface area contributed by atoms with E-state index in [4.69, 9.17) is 10.2 Å². The van der Waals surface area contributed by atoms with E-state index in [2.05, 4.69) is 9.97 Å². The van der Waals surface area contributed by atoms with E-state index in [1.54, 1.807) is 12.1 Å². The second-order valence-electron chi connectivity index (χ2n) is 4.07. The van der Waals surface area contributed by atoms with Crippen molar-refractivity contribution in [3.8, 4) is 17.2 Å². The molecule has 18 heavy (non-hydrogen) atoms. The molecule has 2 aromatic heterocycles. The summed E-state index contributed by atoms with van der Waals surface area (Å²) in [6, 6.07) is 8.47. The number of rotatable bonds is 1. The van der Waals surface area contributed by atoms with Gasteiger partial charge in [-0.3, -0.25) is 0 Å². The molecule has 90 valence electrons. The summed E-state index contributed by atoms with van der Waals surface area (Å²) in [4.78, 5) is 8.51. The quantitative estimate of drug-likeness (QED) is 0.639. The van der Waals surface area contributed by atoms with Crippen molar-refractivity contribution in [2.75, 3.05) is 5.73 Å². The number of fused-ring (bicyclic) bond motifs is 1. The van der Waals surface area contributed by atoms with Crippen molar-refractivity contribution in [2.45, 2.75) is 6.92 Å². The van der Waals surface area contributed by atoms with Gasteiger partial charge in [0, 0.05) is 17.4 Å². The zero-order valence-corrected chi connectivity index (χ0v) is 9.71. The van der Waals surface area contributed by atoms with Crippen LogP contribution in [0.15, 0.2) is 34.7 Å². The van der Waals surface area contributed by atoms with Crippen LogP contribution in [0.1, 0.15) is 5.69 Å². The summed E-state index contributed by atoms with van der Waals surface area (Å²) in [5, 5.41) is 9.82. The summed E-state index contributed by atoms with van der Waals surface area (Å²) in [5.41, 5.74) is 8.55. The van der Waals surface area contributed by atoms with Crippen molar-refractivity contribution < 1.29 is 9.52 Å². The van der Waals surface area contributed by atoms with Gasteiger partial charge in [-0.2, -0.15) is 4.98 Å². The predicted molar refractivity (Wildman–Crippen MR) is 68.1 cm³/mol. The first-order valence-electron chi connectivity index (χ1n) is 5.46. The normalized spacial score (nSPS) is 10.9. The maximum atomic E-state index is 9.82. The Kier molecular flexibility index (Phi) is 2.19. The number of aromatic hydroxyl groups is 1. The van der Waals surface area contributed by atoms with E-state index in [0.717, 1.165) is 5.69 Å². The van der Waals surface area contributed by atoms with Crippen molar-refractivity contribution in [3.63, 3.8) is 0 Å². The summed E-state index contributed by atoms with van der Waals surface area (Å²) >= 11 is 0. The minimum atomic E-state index is 0.0401. The molecule has 0 aliphatic carbocycles.